The highest BCUT2D eigenvalue weighted by Gasteiger charge is 2.18. The van der Waals surface area contributed by atoms with Gasteiger partial charge >= 0.3 is 5.76 Å². The topological polar surface area (TPSA) is 136 Å². The van der Waals surface area contributed by atoms with Gasteiger partial charge in [-0.2, -0.15) is 0 Å². The Morgan fingerprint density at radius 1 is 1.29 bits per heavy atom. The SMILES string of the molecule is O=C(Cn1c(=O)oc2cc([N+](=O)[O-])ccc21)Nc1ccc2c(c1)NC(=O)CS2. The third-order valence-electron chi connectivity index (χ3n) is 4.06. The van der Waals surface area contributed by atoms with E-state index in [9.17, 15) is 24.5 Å². The quantitative estimate of drug-likeness (QED) is 0.506. The number of nitro benzene ring substituents is 1. The van der Waals surface area contributed by atoms with Gasteiger partial charge in [-0.1, -0.05) is 0 Å². The molecule has 11 heteroatoms. The Kier molecular flexibility index (Phi) is 4.35. The van der Waals surface area contributed by atoms with Crippen LogP contribution < -0.4 is 16.4 Å². The number of anilines is 2. The molecule has 0 unspecified atom stereocenters. The highest BCUT2D eigenvalue weighted by atomic mass is 32.2. The van der Waals surface area contributed by atoms with Crippen LogP contribution in [0.3, 0.4) is 0 Å². The molecular formula is C17H12N4O6S. The second-order valence-electron chi connectivity index (χ2n) is 5.96. The lowest BCUT2D eigenvalue weighted by molar-refractivity contribution is -0.384. The number of non-ortho nitro benzene ring substituents is 1. The van der Waals surface area contributed by atoms with Crippen LogP contribution >= 0.6 is 11.8 Å². The summed E-state index contributed by atoms with van der Waals surface area (Å²) in [5.74, 6) is -1.06. The minimum atomic E-state index is -0.792. The Labute approximate surface area is 160 Å². The first-order chi connectivity index (χ1) is 13.4. The number of nitro groups is 1. The minimum Gasteiger partial charge on any atom is -0.407 e. The molecule has 0 fully saturated rings. The Hall–Kier alpha value is -3.60. The molecule has 0 radical (unpaired) electrons. The molecule has 2 heterocycles. The summed E-state index contributed by atoms with van der Waals surface area (Å²) in [7, 11) is 0. The molecular weight excluding hydrogens is 388 g/mol. The second-order valence-corrected chi connectivity index (χ2v) is 6.98. The number of amides is 2. The van der Waals surface area contributed by atoms with E-state index in [4.69, 9.17) is 4.42 Å². The lowest BCUT2D eigenvalue weighted by atomic mass is 10.2. The monoisotopic (exact) mass is 400 g/mol. The summed E-state index contributed by atoms with van der Waals surface area (Å²) >= 11 is 1.40. The zero-order valence-electron chi connectivity index (χ0n) is 14.1. The summed E-state index contributed by atoms with van der Waals surface area (Å²) in [6.45, 7) is -0.332. The van der Waals surface area contributed by atoms with E-state index in [1.54, 1.807) is 18.2 Å². The van der Waals surface area contributed by atoms with Gasteiger partial charge in [0, 0.05) is 16.6 Å². The Morgan fingerprint density at radius 3 is 2.89 bits per heavy atom. The lowest BCUT2D eigenvalue weighted by Crippen LogP contribution is -2.25. The predicted molar refractivity (Wildman–Crippen MR) is 102 cm³/mol. The molecule has 2 amide bonds. The molecule has 0 spiro atoms. The molecule has 1 aromatic heterocycles. The average Bonchev–Trinajstić information content (AvgIpc) is 2.95. The summed E-state index contributed by atoms with van der Waals surface area (Å²) in [6, 6.07) is 8.84. The third-order valence-corrected chi connectivity index (χ3v) is 5.13. The third kappa shape index (κ3) is 3.34. The van der Waals surface area contributed by atoms with Gasteiger partial charge in [-0.3, -0.25) is 24.3 Å². The molecule has 142 valence electrons. The first-order valence-corrected chi connectivity index (χ1v) is 9.03. The standard InChI is InChI=1S/C17H12N4O6S/c22-15(18-9-1-4-14-11(5-9)19-16(23)8-28-14)7-20-12-3-2-10(21(25)26)6-13(12)27-17(20)24/h1-6H,7-8H2,(H,18,22)(H,19,23). The molecule has 2 aromatic carbocycles. The average molecular weight is 400 g/mol. The van der Waals surface area contributed by atoms with E-state index in [-0.39, 0.29) is 29.2 Å². The first kappa shape index (κ1) is 17.8. The van der Waals surface area contributed by atoms with Crippen LogP contribution in [0.25, 0.3) is 11.1 Å². The van der Waals surface area contributed by atoms with Crippen LogP contribution in [0.15, 0.2) is 50.5 Å². The number of nitrogens with one attached hydrogen (secondary N) is 2. The Balaban J connectivity index is 1.55. The molecule has 0 bridgehead atoms. The molecule has 4 rings (SSSR count). The van der Waals surface area contributed by atoms with Crippen molar-refractivity contribution in [2.45, 2.75) is 11.4 Å². The van der Waals surface area contributed by atoms with Gasteiger partial charge in [-0.15, -0.1) is 11.8 Å². The number of hydrogen-bond donors (Lipinski definition) is 2. The maximum atomic E-state index is 12.4. The maximum Gasteiger partial charge on any atom is 0.420 e. The van der Waals surface area contributed by atoms with Crippen molar-refractivity contribution in [1.29, 1.82) is 0 Å². The van der Waals surface area contributed by atoms with Crippen molar-refractivity contribution in [1.82, 2.24) is 4.57 Å². The molecule has 10 nitrogen and oxygen atoms in total. The molecule has 0 saturated carbocycles. The molecule has 28 heavy (non-hydrogen) atoms. The number of oxazole rings is 1. The van der Waals surface area contributed by atoms with Crippen LogP contribution in [-0.2, 0) is 16.1 Å². The van der Waals surface area contributed by atoms with Crippen molar-refractivity contribution in [3.63, 3.8) is 0 Å². The minimum absolute atomic E-state index is 0.0283. The molecule has 1 aliphatic rings. The molecule has 0 saturated heterocycles. The number of nitrogens with zero attached hydrogens (tertiary/aromatic N) is 2. The van der Waals surface area contributed by atoms with Crippen molar-refractivity contribution in [3.8, 4) is 0 Å². The van der Waals surface area contributed by atoms with Crippen molar-refractivity contribution in [2.24, 2.45) is 0 Å². The van der Waals surface area contributed by atoms with E-state index in [1.165, 1.54) is 23.9 Å². The van der Waals surface area contributed by atoms with Crippen LogP contribution in [0, 0.1) is 10.1 Å². The number of aromatic nitrogens is 1. The van der Waals surface area contributed by atoms with Gasteiger partial charge in [0.25, 0.3) is 5.69 Å². The summed E-state index contributed by atoms with van der Waals surface area (Å²) in [5.41, 5.74) is 1.16. The van der Waals surface area contributed by atoms with Crippen molar-refractivity contribution >= 4 is 51.7 Å². The Morgan fingerprint density at radius 2 is 2.11 bits per heavy atom. The fourth-order valence-electron chi connectivity index (χ4n) is 2.82. The predicted octanol–water partition coefficient (Wildman–Crippen LogP) is 2.19. The summed E-state index contributed by atoms with van der Waals surface area (Å²) in [5, 5.41) is 16.2. The van der Waals surface area contributed by atoms with Crippen LogP contribution in [-0.4, -0.2) is 27.1 Å². The highest BCUT2D eigenvalue weighted by Crippen LogP contribution is 2.33. The number of thioether (sulfide) groups is 1. The normalized spacial score (nSPS) is 13.1. The van der Waals surface area contributed by atoms with Crippen LogP contribution in [0.2, 0.25) is 0 Å². The molecule has 2 N–H and O–H groups in total. The summed E-state index contributed by atoms with van der Waals surface area (Å²) in [6.07, 6.45) is 0. The largest absolute Gasteiger partial charge is 0.420 e. The van der Waals surface area contributed by atoms with Crippen molar-refractivity contribution in [3.05, 3.63) is 57.1 Å². The van der Waals surface area contributed by atoms with Gasteiger partial charge in [0.2, 0.25) is 11.8 Å². The van der Waals surface area contributed by atoms with Crippen LogP contribution in [0.5, 0.6) is 0 Å². The van der Waals surface area contributed by atoms with E-state index in [0.29, 0.717) is 17.1 Å². The first-order valence-electron chi connectivity index (χ1n) is 8.05. The van der Waals surface area contributed by atoms with Gasteiger partial charge in [-0.25, -0.2) is 4.79 Å². The molecule has 0 aliphatic carbocycles. The number of hydrogen-bond acceptors (Lipinski definition) is 7. The zero-order chi connectivity index (χ0) is 19.8. The van der Waals surface area contributed by atoms with Gasteiger partial charge in [-0.05, 0) is 24.3 Å². The maximum absolute atomic E-state index is 12.4. The van der Waals surface area contributed by atoms with Crippen LogP contribution in [0.1, 0.15) is 0 Å². The lowest BCUT2D eigenvalue weighted by Gasteiger charge is -2.17. The number of carbonyl (C=O) groups is 2. The number of benzene rings is 2. The highest BCUT2D eigenvalue weighted by molar-refractivity contribution is 8.00. The van der Waals surface area contributed by atoms with Gasteiger partial charge in [0.15, 0.2) is 5.58 Å². The smallest absolute Gasteiger partial charge is 0.407 e. The number of fused-ring (bicyclic) bond motifs is 2. The zero-order valence-corrected chi connectivity index (χ0v) is 14.9. The van der Waals surface area contributed by atoms with Gasteiger partial charge in [0.05, 0.1) is 27.9 Å². The van der Waals surface area contributed by atoms with Crippen molar-refractivity contribution in [2.75, 3.05) is 16.4 Å². The van der Waals surface area contributed by atoms with Crippen molar-refractivity contribution < 1.29 is 18.9 Å². The summed E-state index contributed by atoms with van der Waals surface area (Å²) < 4.78 is 6.09. The van der Waals surface area contributed by atoms with E-state index in [0.717, 1.165) is 15.5 Å². The number of rotatable bonds is 4. The van der Waals surface area contributed by atoms with Gasteiger partial charge < -0.3 is 15.1 Å². The summed E-state index contributed by atoms with van der Waals surface area (Å²) in [4.78, 5) is 47.0. The number of carbonyl (C=O) groups excluding carboxylic acids is 2. The fraction of sp³-hybridized carbons (Fsp3) is 0.118. The molecule has 0 atom stereocenters. The van der Waals surface area contributed by atoms with Gasteiger partial charge in [0.1, 0.15) is 6.54 Å². The fourth-order valence-corrected chi connectivity index (χ4v) is 3.61. The van der Waals surface area contributed by atoms with Crippen LogP contribution in [0.4, 0.5) is 17.1 Å². The van der Waals surface area contributed by atoms with E-state index in [2.05, 4.69) is 10.6 Å². The van der Waals surface area contributed by atoms with E-state index < -0.39 is 16.6 Å². The van der Waals surface area contributed by atoms with E-state index in [1.807, 2.05) is 0 Å². The second kappa shape index (κ2) is 6.85. The van der Waals surface area contributed by atoms with E-state index >= 15 is 0 Å². The molecule has 1 aliphatic heterocycles. The molecule has 3 aromatic rings. The Bertz CT molecular complexity index is 1200.